The fourth-order valence-corrected chi connectivity index (χ4v) is 1.27. The first-order chi connectivity index (χ1) is 8.99. The van der Waals surface area contributed by atoms with Crippen molar-refractivity contribution in [3.8, 4) is 0 Å². The monoisotopic (exact) mass is 283 g/mol. The van der Waals surface area contributed by atoms with Crippen LogP contribution in [-0.2, 0) is 4.74 Å². The predicted molar refractivity (Wildman–Crippen MR) is 70.4 cm³/mol. The van der Waals surface area contributed by atoms with Crippen molar-refractivity contribution in [2.75, 3.05) is 33.4 Å². The summed E-state index contributed by atoms with van der Waals surface area (Å²) in [6, 6.07) is 0. The molecule has 0 bridgehead atoms. The smallest absolute Gasteiger partial charge is 0.381 e. The largest absolute Gasteiger partial charge is 0.390 e. The standard InChI is InChI=1S/C12H24F3N3O/c1-3-4-9-19-10-5-7-17-11(16-2)18-8-6-12(13,14)15/h3-10H2,1-2H3,(H2,16,17,18). The van der Waals surface area contributed by atoms with Crippen LogP contribution in [0, 0.1) is 0 Å². The van der Waals surface area contributed by atoms with E-state index in [0.29, 0.717) is 19.1 Å². The highest BCUT2D eigenvalue weighted by Gasteiger charge is 2.26. The van der Waals surface area contributed by atoms with Gasteiger partial charge in [0.05, 0.1) is 6.42 Å². The van der Waals surface area contributed by atoms with Gasteiger partial charge in [0.25, 0.3) is 0 Å². The second-order valence-corrected chi connectivity index (χ2v) is 4.11. The predicted octanol–water partition coefficient (Wildman–Crippen LogP) is 2.31. The van der Waals surface area contributed by atoms with Gasteiger partial charge in [0, 0.05) is 33.4 Å². The fraction of sp³-hybridized carbons (Fsp3) is 0.917. The third kappa shape index (κ3) is 13.3. The molecular weight excluding hydrogens is 259 g/mol. The second-order valence-electron chi connectivity index (χ2n) is 4.11. The molecule has 0 radical (unpaired) electrons. The number of unbranched alkanes of at least 4 members (excludes halogenated alkanes) is 1. The van der Waals surface area contributed by atoms with Crippen LogP contribution in [0.25, 0.3) is 0 Å². The number of aliphatic imine (C=N–C) groups is 1. The van der Waals surface area contributed by atoms with E-state index in [0.717, 1.165) is 25.9 Å². The Labute approximate surface area is 112 Å². The zero-order valence-corrected chi connectivity index (χ0v) is 11.6. The molecule has 0 aliphatic carbocycles. The SMILES string of the molecule is CCCCOCCCNC(=NC)NCCC(F)(F)F. The van der Waals surface area contributed by atoms with Gasteiger partial charge >= 0.3 is 6.18 Å². The Balaban J connectivity index is 3.50. The minimum atomic E-state index is -4.14. The lowest BCUT2D eigenvalue weighted by Crippen LogP contribution is -2.39. The van der Waals surface area contributed by atoms with E-state index in [4.69, 9.17) is 4.74 Å². The molecule has 19 heavy (non-hydrogen) atoms. The zero-order valence-electron chi connectivity index (χ0n) is 11.6. The van der Waals surface area contributed by atoms with Crippen molar-refractivity contribution in [2.24, 2.45) is 4.99 Å². The lowest BCUT2D eigenvalue weighted by molar-refractivity contribution is -0.132. The van der Waals surface area contributed by atoms with Crippen LogP contribution in [0.5, 0.6) is 0 Å². The summed E-state index contributed by atoms with van der Waals surface area (Å²) in [4.78, 5) is 3.84. The first-order valence-electron chi connectivity index (χ1n) is 6.58. The minimum absolute atomic E-state index is 0.170. The summed E-state index contributed by atoms with van der Waals surface area (Å²) in [6.07, 6.45) is -2.06. The Kier molecular flexibility index (Phi) is 10.3. The Morgan fingerprint density at radius 2 is 1.74 bits per heavy atom. The van der Waals surface area contributed by atoms with Gasteiger partial charge in [-0.05, 0) is 12.8 Å². The molecule has 0 aromatic carbocycles. The minimum Gasteiger partial charge on any atom is -0.381 e. The molecular formula is C12H24F3N3O. The van der Waals surface area contributed by atoms with E-state index in [1.54, 1.807) is 0 Å². The number of guanidine groups is 1. The Bertz CT molecular complexity index is 245. The summed E-state index contributed by atoms with van der Waals surface area (Å²) >= 11 is 0. The number of alkyl halides is 3. The number of nitrogens with zero attached hydrogens (tertiary/aromatic N) is 1. The summed E-state index contributed by atoms with van der Waals surface area (Å²) in [5, 5.41) is 5.55. The molecule has 0 spiro atoms. The van der Waals surface area contributed by atoms with Crippen molar-refractivity contribution in [3.05, 3.63) is 0 Å². The van der Waals surface area contributed by atoms with Crippen LogP contribution in [0.15, 0.2) is 4.99 Å². The van der Waals surface area contributed by atoms with E-state index in [9.17, 15) is 13.2 Å². The van der Waals surface area contributed by atoms with Crippen LogP contribution in [-0.4, -0.2) is 45.5 Å². The topological polar surface area (TPSA) is 45.6 Å². The van der Waals surface area contributed by atoms with Crippen LogP contribution in [0.2, 0.25) is 0 Å². The van der Waals surface area contributed by atoms with Crippen molar-refractivity contribution in [3.63, 3.8) is 0 Å². The zero-order chi connectivity index (χ0) is 14.6. The van der Waals surface area contributed by atoms with E-state index < -0.39 is 12.6 Å². The Morgan fingerprint density at radius 3 is 2.32 bits per heavy atom. The molecule has 7 heteroatoms. The average Bonchev–Trinajstić information content (AvgIpc) is 2.34. The van der Waals surface area contributed by atoms with Crippen molar-refractivity contribution in [1.82, 2.24) is 10.6 Å². The van der Waals surface area contributed by atoms with Crippen LogP contribution < -0.4 is 10.6 Å². The molecule has 0 amide bonds. The molecule has 0 aromatic rings. The number of ether oxygens (including phenoxy) is 1. The van der Waals surface area contributed by atoms with E-state index in [-0.39, 0.29) is 6.54 Å². The quantitative estimate of drug-likeness (QED) is 0.388. The Hall–Kier alpha value is -0.980. The van der Waals surface area contributed by atoms with E-state index >= 15 is 0 Å². The molecule has 0 aliphatic rings. The van der Waals surface area contributed by atoms with Gasteiger partial charge < -0.3 is 15.4 Å². The lowest BCUT2D eigenvalue weighted by Gasteiger charge is -2.12. The molecule has 2 N–H and O–H groups in total. The third-order valence-corrected chi connectivity index (χ3v) is 2.32. The van der Waals surface area contributed by atoms with Crippen molar-refractivity contribution in [1.29, 1.82) is 0 Å². The summed E-state index contributed by atoms with van der Waals surface area (Å²) in [6.45, 7) is 3.96. The van der Waals surface area contributed by atoms with Crippen molar-refractivity contribution in [2.45, 2.75) is 38.8 Å². The molecule has 0 saturated carbocycles. The van der Waals surface area contributed by atoms with Crippen molar-refractivity contribution < 1.29 is 17.9 Å². The second kappa shape index (κ2) is 10.9. The molecule has 0 rings (SSSR count). The maximum atomic E-state index is 11.9. The number of hydrogen-bond donors (Lipinski definition) is 2. The average molecular weight is 283 g/mol. The summed E-state index contributed by atoms with van der Waals surface area (Å²) in [5.74, 6) is 0.387. The van der Waals surface area contributed by atoms with E-state index in [1.165, 1.54) is 7.05 Å². The molecule has 0 aromatic heterocycles. The van der Waals surface area contributed by atoms with Gasteiger partial charge in [-0.2, -0.15) is 13.2 Å². The highest BCUT2D eigenvalue weighted by atomic mass is 19.4. The molecule has 0 fully saturated rings. The first kappa shape index (κ1) is 18.0. The number of rotatable bonds is 9. The van der Waals surface area contributed by atoms with E-state index in [1.807, 2.05) is 0 Å². The highest BCUT2D eigenvalue weighted by molar-refractivity contribution is 5.79. The highest BCUT2D eigenvalue weighted by Crippen LogP contribution is 2.17. The molecule has 4 nitrogen and oxygen atoms in total. The van der Waals surface area contributed by atoms with Crippen LogP contribution in [0.4, 0.5) is 13.2 Å². The van der Waals surface area contributed by atoms with Gasteiger partial charge in [-0.25, -0.2) is 0 Å². The molecule has 0 atom stereocenters. The van der Waals surface area contributed by atoms with Gasteiger partial charge in [-0.1, -0.05) is 13.3 Å². The van der Waals surface area contributed by atoms with Crippen molar-refractivity contribution >= 4 is 5.96 Å². The van der Waals surface area contributed by atoms with Gasteiger partial charge in [-0.15, -0.1) is 0 Å². The molecule has 0 saturated heterocycles. The Morgan fingerprint density at radius 1 is 1.11 bits per heavy atom. The molecule has 114 valence electrons. The van der Waals surface area contributed by atoms with Gasteiger partial charge in [0.1, 0.15) is 0 Å². The molecule has 0 unspecified atom stereocenters. The van der Waals surface area contributed by atoms with Gasteiger partial charge in [0.2, 0.25) is 0 Å². The van der Waals surface area contributed by atoms with Crippen LogP contribution in [0.1, 0.15) is 32.6 Å². The maximum absolute atomic E-state index is 11.9. The fourth-order valence-electron chi connectivity index (χ4n) is 1.27. The summed E-state index contributed by atoms with van der Waals surface area (Å²) in [5.41, 5.74) is 0. The summed E-state index contributed by atoms with van der Waals surface area (Å²) < 4.78 is 41.2. The first-order valence-corrected chi connectivity index (χ1v) is 6.58. The lowest BCUT2D eigenvalue weighted by atomic mass is 10.4. The number of nitrogens with one attached hydrogen (secondary N) is 2. The third-order valence-electron chi connectivity index (χ3n) is 2.32. The van der Waals surface area contributed by atoms with E-state index in [2.05, 4.69) is 22.5 Å². The number of hydrogen-bond acceptors (Lipinski definition) is 2. The number of halogens is 3. The normalized spacial score (nSPS) is 12.6. The van der Waals surface area contributed by atoms with Crippen LogP contribution >= 0.6 is 0 Å². The molecule has 0 heterocycles. The van der Waals surface area contributed by atoms with Gasteiger partial charge in [-0.3, -0.25) is 4.99 Å². The summed E-state index contributed by atoms with van der Waals surface area (Å²) in [7, 11) is 1.53. The molecule has 0 aliphatic heterocycles. The van der Waals surface area contributed by atoms with Crippen LogP contribution in [0.3, 0.4) is 0 Å². The maximum Gasteiger partial charge on any atom is 0.390 e. The van der Waals surface area contributed by atoms with Gasteiger partial charge in [0.15, 0.2) is 5.96 Å².